The first kappa shape index (κ1) is 68.3. The number of carbonyl (C=O) groups excluding carboxylic acids is 3. The quantitative estimate of drug-likeness (QED) is 0.0261. The zero-order chi connectivity index (χ0) is 52.9. The van der Waals surface area contributed by atoms with Crippen LogP contribution in [0.5, 0.6) is 0 Å². The van der Waals surface area contributed by atoms with E-state index < -0.39 is 6.10 Å². The number of allylic oxidation sites excluding steroid dienone is 24. The van der Waals surface area contributed by atoms with Crippen LogP contribution in [0.2, 0.25) is 0 Å². The molecule has 0 N–H and O–H groups in total. The molecule has 6 heteroatoms. The van der Waals surface area contributed by atoms with Gasteiger partial charge in [-0.2, -0.15) is 0 Å². The van der Waals surface area contributed by atoms with Gasteiger partial charge in [0.15, 0.2) is 6.10 Å². The van der Waals surface area contributed by atoms with Crippen molar-refractivity contribution in [2.24, 2.45) is 0 Å². The third-order valence-corrected chi connectivity index (χ3v) is 11.8. The van der Waals surface area contributed by atoms with E-state index in [-0.39, 0.29) is 31.1 Å². The molecule has 0 amide bonds. The van der Waals surface area contributed by atoms with E-state index in [9.17, 15) is 14.4 Å². The Morgan fingerprint density at radius 3 is 0.877 bits per heavy atom. The van der Waals surface area contributed by atoms with Gasteiger partial charge in [-0.1, -0.05) is 231 Å². The highest BCUT2D eigenvalue weighted by Gasteiger charge is 2.19. The number of unbranched alkanes of at least 4 members (excludes halogenated alkanes) is 16. The molecule has 0 aromatic heterocycles. The van der Waals surface area contributed by atoms with Gasteiger partial charge in [0, 0.05) is 19.3 Å². The van der Waals surface area contributed by atoms with Crippen LogP contribution in [0.1, 0.15) is 239 Å². The first-order valence-electron chi connectivity index (χ1n) is 29.3. The maximum absolute atomic E-state index is 12.8. The molecule has 73 heavy (non-hydrogen) atoms. The average Bonchev–Trinajstić information content (AvgIpc) is 3.39. The Morgan fingerprint density at radius 2 is 0.534 bits per heavy atom. The highest BCUT2D eigenvalue weighted by atomic mass is 16.6. The normalized spacial score (nSPS) is 13.2. The standard InChI is InChI=1S/C67H106O6/c1-4-7-10-13-16-19-22-23-24-25-26-27-28-29-30-31-32-33-34-35-36-37-38-39-40-41-42-43-46-48-51-54-57-60-66(69)72-63-64(73-67(70)61-58-55-52-49-45-21-18-15-12-9-6-3)62-71-65(68)59-56-53-50-47-44-20-17-14-11-8-5-2/h7,10,14-19,23-24,26-27,29-30,32-33,35-36,38-39,41-42,46,48,64H,4-6,8-9,11-13,20-22,25,28,31,34,37,40,43-45,47,49-63H2,1-3H3/b10-7-,17-14-,18-15-,19-16-,24-23-,27-26-,30-29-,33-32-,36-35-,39-38-,42-41-,48-46-. The Morgan fingerprint density at radius 1 is 0.288 bits per heavy atom. The van der Waals surface area contributed by atoms with Crippen molar-refractivity contribution in [3.8, 4) is 0 Å². The summed E-state index contributed by atoms with van der Waals surface area (Å²) < 4.78 is 16.7. The summed E-state index contributed by atoms with van der Waals surface area (Å²) in [7, 11) is 0. The minimum Gasteiger partial charge on any atom is -0.462 e. The summed E-state index contributed by atoms with van der Waals surface area (Å²) in [5, 5.41) is 0. The Kier molecular flexibility index (Phi) is 56.0. The number of hydrogen-bond donors (Lipinski definition) is 0. The van der Waals surface area contributed by atoms with Gasteiger partial charge in [-0.3, -0.25) is 14.4 Å². The Balaban J connectivity index is 4.31. The van der Waals surface area contributed by atoms with Crippen LogP contribution in [0.25, 0.3) is 0 Å². The van der Waals surface area contributed by atoms with Crippen LogP contribution in [-0.4, -0.2) is 37.2 Å². The van der Waals surface area contributed by atoms with Crippen molar-refractivity contribution < 1.29 is 28.6 Å². The average molecular weight is 1010 g/mol. The molecular formula is C67H106O6. The highest BCUT2D eigenvalue weighted by molar-refractivity contribution is 5.71. The van der Waals surface area contributed by atoms with Crippen LogP contribution in [0.3, 0.4) is 0 Å². The van der Waals surface area contributed by atoms with E-state index >= 15 is 0 Å². The number of ether oxygens (including phenoxy) is 3. The zero-order valence-electron chi connectivity index (χ0n) is 46.8. The summed E-state index contributed by atoms with van der Waals surface area (Å²) in [4.78, 5) is 38.0. The van der Waals surface area contributed by atoms with Crippen LogP contribution in [0.15, 0.2) is 146 Å². The van der Waals surface area contributed by atoms with Crippen molar-refractivity contribution in [2.75, 3.05) is 13.2 Å². The minimum atomic E-state index is -0.807. The molecule has 0 saturated carbocycles. The SMILES string of the molecule is CC/C=C\C/C=C\C/C=C\C/C=C\C/C=C\C/C=C\C/C=C\C/C=C\C/C=C\C/C=C\CCCCC(=O)OCC(COC(=O)CCCCCCC/C=C\CCCC)OC(=O)CCCCCCC/C=C\CCCC. The number of esters is 3. The number of hydrogen-bond acceptors (Lipinski definition) is 6. The second kappa shape index (κ2) is 59.8. The molecule has 0 spiro atoms. The third kappa shape index (κ3) is 58.1. The predicted molar refractivity (Wildman–Crippen MR) is 315 cm³/mol. The van der Waals surface area contributed by atoms with Gasteiger partial charge in [0.25, 0.3) is 0 Å². The van der Waals surface area contributed by atoms with Gasteiger partial charge in [0.05, 0.1) is 0 Å². The van der Waals surface area contributed by atoms with E-state index in [1.54, 1.807) is 0 Å². The summed E-state index contributed by atoms with van der Waals surface area (Å²) in [6.07, 6.45) is 85.7. The van der Waals surface area contributed by atoms with E-state index in [2.05, 4.69) is 167 Å². The lowest BCUT2D eigenvalue weighted by Gasteiger charge is -2.18. The maximum Gasteiger partial charge on any atom is 0.306 e. The first-order valence-corrected chi connectivity index (χ1v) is 29.3. The lowest BCUT2D eigenvalue weighted by molar-refractivity contribution is -0.167. The van der Waals surface area contributed by atoms with Crippen LogP contribution in [0, 0.1) is 0 Å². The molecule has 410 valence electrons. The molecule has 0 aliphatic carbocycles. The molecule has 1 unspecified atom stereocenters. The molecule has 0 fully saturated rings. The van der Waals surface area contributed by atoms with Crippen molar-refractivity contribution in [2.45, 2.75) is 245 Å². The van der Waals surface area contributed by atoms with Crippen LogP contribution in [-0.2, 0) is 28.6 Å². The van der Waals surface area contributed by atoms with E-state index in [0.29, 0.717) is 25.7 Å². The fourth-order valence-corrected chi connectivity index (χ4v) is 7.37. The Labute approximate surface area is 448 Å². The Hall–Kier alpha value is -4.71. The van der Waals surface area contributed by atoms with Crippen molar-refractivity contribution >= 4 is 17.9 Å². The van der Waals surface area contributed by atoms with E-state index in [0.717, 1.165) is 141 Å². The van der Waals surface area contributed by atoms with E-state index in [1.807, 2.05) is 0 Å². The summed E-state index contributed by atoms with van der Waals surface area (Å²) in [6, 6.07) is 0. The molecule has 0 saturated heterocycles. The number of rotatable bonds is 51. The van der Waals surface area contributed by atoms with Crippen molar-refractivity contribution in [3.05, 3.63) is 146 Å². The minimum absolute atomic E-state index is 0.104. The van der Waals surface area contributed by atoms with Gasteiger partial charge in [-0.15, -0.1) is 0 Å². The fourth-order valence-electron chi connectivity index (χ4n) is 7.37. The van der Waals surface area contributed by atoms with Crippen LogP contribution >= 0.6 is 0 Å². The molecule has 6 nitrogen and oxygen atoms in total. The molecule has 0 bridgehead atoms. The van der Waals surface area contributed by atoms with E-state index in [4.69, 9.17) is 14.2 Å². The van der Waals surface area contributed by atoms with Gasteiger partial charge < -0.3 is 14.2 Å². The summed E-state index contributed by atoms with van der Waals surface area (Å²) in [6.45, 7) is 6.38. The fraction of sp³-hybridized carbons (Fsp3) is 0.597. The Bertz CT molecular complexity index is 1630. The molecule has 0 aromatic carbocycles. The molecule has 0 aromatic rings. The van der Waals surface area contributed by atoms with E-state index in [1.165, 1.54) is 51.4 Å². The molecule has 0 rings (SSSR count). The van der Waals surface area contributed by atoms with Crippen molar-refractivity contribution in [3.63, 3.8) is 0 Å². The third-order valence-electron chi connectivity index (χ3n) is 11.8. The van der Waals surface area contributed by atoms with Gasteiger partial charge in [-0.05, 0) is 135 Å². The highest BCUT2D eigenvalue weighted by Crippen LogP contribution is 2.13. The summed E-state index contributed by atoms with van der Waals surface area (Å²) in [5.74, 6) is -0.977. The second-order valence-corrected chi connectivity index (χ2v) is 18.8. The van der Waals surface area contributed by atoms with Crippen LogP contribution in [0.4, 0.5) is 0 Å². The van der Waals surface area contributed by atoms with Gasteiger partial charge in [-0.25, -0.2) is 0 Å². The largest absolute Gasteiger partial charge is 0.462 e. The molecular weight excluding hydrogens is 901 g/mol. The molecule has 0 aliphatic rings. The summed E-state index contributed by atoms with van der Waals surface area (Å²) >= 11 is 0. The molecule has 1 atom stereocenters. The molecule has 0 heterocycles. The van der Waals surface area contributed by atoms with Crippen molar-refractivity contribution in [1.29, 1.82) is 0 Å². The topological polar surface area (TPSA) is 78.9 Å². The zero-order valence-corrected chi connectivity index (χ0v) is 46.8. The lowest BCUT2D eigenvalue weighted by Crippen LogP contribution is -2.30. The van der Waals surface area contributed by atoms with Crippen LogP contribution < -0.4 is 0 Å². The predicted octanol–water partition coefficient (Wildman–Crippen LogP) is 20.0. The lowest BCUT2D eigenvalue weighted by atomic mass is 10.1. The second-order valence-electron chi connectivity index (χ2n) is 18.8. The smallest absolute Gasteiger partial charge is 0.306 e. The van der Waals surface area contributed by atoms with Gasteiger partial charge in [0.1, 0.15) is 13.2 Å². The van der Waals surface area contributed by atoms with Crippen molar-refractivity contribution in [1.82, 2.24) is 0 Å². The van der Waals surface area contributed by atoms with Gasteiger partial charge in [0.2, 0.25) is 0 Å². The first-order chi connectivity index (χ1) is 36.0. The number of carbonyl (C=O) groups is 3. The van der Waals surface area contributed by atoms with Gasteiger partial charge >= 0.3 is 17.9 Å². The monoisotopic (exact) mass is 1010 g/mol. The molecule has 0 aliphatic heterocycles. The molecule has 0 radical (unpaired) electrons. The summed E-state index contributed by atoms with van der Waals surface area (Å²) in [5.41, 5.74) is 0. The maximum atomic E-state index is 12.8.